The van der Waals surface area contributed by atoms with Crippen LogP contribution in [0.1, 0.15) is 51.4 Å². The van der Waals surface area contributed by atoms with E-state index in [4.69, 9.17) is 9.47 Å². The second-order valence-electron chi connectivity index (χ2n) is 6.69. The Bertz CT molecular complexity index is 295. The van der Waals surface area contributed by atoms with E-state index in [0.29, 0.717) is 24.3 Å². The molecule has 2 unspecified atom stereocenters. The molecule has 2 bridgehead atoms. The van der Waals surface area contributed by atoms with Crippen LogP contribution in [0.25, 0.3) is 0 Å². The van der Waals surface area contributed by atoms with Gasteiger partial charge in [0.25, 0.3) is 0 Å². The lowest BCUT2D eigenvalue weighted by Crippen LogP contribution is -2.47. The van der Waals surface area contributed by atoms with Gasteiger partial charge in [-0.05, 0) is 25.7 Å². The van der Waals surface area contributed by atoms with E-state index in [1.165, 1.54) is 51.4 Å². The Morgan fingerprint density at radius 3 is 1.63 bits per heavy atom. The summed E-state index contributed by atoms with van der Waals surface area (Å²) in [5.74, 6) is 0. The van der Waals surface area contributed by atoms with Crippen LogP contribution in [0.2, 0.25) is 0 Å². The first-order valence-corrected chi connectivity index (χ1v) is 8.13. The summed E-state index contributed by atoms with van der Waals surface area (Å²) in [5.41, 5.74) is 0. The largest absolute Gasteiger partial charge is 0.361 e. The van der Waals surface area contributed by atoms with Crippen molar-refractivity contribution < 1.29 is 9.47 Å². The quantitative estimate of drug-likeness (QED) is 0.671. The van der Waals surface area contributed by atoms with Gasteiger partial charge in [0.05, 0.1) is 18.9 Å². The molecule has 4 nitrogen and oxygen atoms in total. The Balaban J connectivity index is 1.56. The van der Waals surface area contributed by atoms with Crippen LogP contribution in [0.4, 0.5) is 0 Å². The number of hydrogen-bond donors (Lipinski definition) is 0. The molecule has 6 atom stereocenters. The Morgan fingerprint density at radius 2 is 1.11 bits per heavy atom. The summed E-state index contributed by atoms with van der Waals surface area (Å²) in [6.07, 6.45) is 11.3. The Hall–Kier alpha value is -0.160. The molecule has 2 aliphatic heterocycles. The first-order chi connectivity index (χ1) is 9.42. The zero-order valence-corrected chi connectivity index (χ0v) is 11.8. The second-order valence-corrected chi connectivity index (χ2v) is 6.69. The fourth-order valence-electron chi connectivity index (χ4n) is 4.48. The van der Waals surface area contributed by atoms with Crippen molar-refractivity contribution in [3.8, 4) is 0 Å². The molecular weight excluding hydrogens is 240 g/mol. The molecule has 108 valence electrons. The Morgan fingerprint density at radius 1 is 0.632 bits per heavy atom. The molecule has 2 aliphatic carbocycles. The number of ether oxygens (including phenoxy) is 2. The average molecular weight is 266 g/mol. The van der Waals surface area contributed by atoms with Gasteiger partial charge in [-0.15, -0.1) is 0 Å². The summed E-state index contributed by atoms with van der Waals surface area (Å²) in [6.45, 7) is 2.70. The van der Waals surface area contributed by atoms with Crippen molar-refractivity contribution in [3.05, 3.63) is 0 Å². The summed E-state index contributed by atoms with van der Waals surface area (Å²) in [6, 6.07) is 1.19. The highest BCUT2D eigenvalue weighted by Crippen LogP contribution is 2.34. The monoisotopic (exact) mass is 266 g/mol. The van der Waals surface area contributed by atoms with Gasteiger partial charge in [0.1, 0.15) is 13.5 Å². The maximum absolute atomic E-state index is 6.25. The fraction of sp³-hybridized carbons (Fsp3) is 1.00. The van der Waals surface area contributed by atoms with Crippen molar-refractivity contribution in [2.75, 3.05) is 20.1 Å². The fourth-order valence-corrected chi connectivity index (χ4v) is 4.48. The first kappa shape index (κ1) is 12.6. The first-order valence-electron chi connectivity index (χ1n) is 8.13. The highest BCUT2D eigenvalue weighted by atomic mass is 16.5. The van der Waals surface area contributed by atoms with Crippen LogP contribution in [-0.2, 0) is 9.47 Å². The molecule has 2 saturated carbocycles. The highest BCUT2D eigenvalue weighted by Gasteiger charge is 2.41. The minimum absolute atomic E-state index is 0.447. The van der Waals surface area contributed by atoms with Crippen LogP contribution >= 0.6 is 0 Å². The van der Waals surface area contributed by atoms with Crippen molar-refractivity contribution in [1.82, 2.24) is 9.80 Å². The van der Waals surface area contributed by atoms with Crippen LogP contribution in [-0.4, -0.2) is 54.2 Å². The van der Waals surface area contributed by atoms with Crippen LogP contribution in [0, 0.1) is 0 Å². The Kier molecular flexibility index (Phi) is 3.52. The van der Waals surface area contributed by atoms with Gasteiger partial charge in [-0.3, -0.25) is 9.80 Å². The van der Waals surface area contributed by atoms with Crippen molar-refractivity contribution in [3.63, 3.8) is 0 Å². The van der Waals surface area contributed by atoms with Crippen LogP contribution in [0.3, 0.4) is 0 Å². The SMILES string of the molecule is C1CC[C@H]2[C@H](C1)OCN1CN2CO[C@H]2CCCC[C@@H]21. The van der Waals surface area contributed by atoms with Gasteiger partial charge in [-0.25, -0.2) is 0 Å². The molecule has 0 spiro atoms. The van der Waals surface area contributed by atoms with E-state index in [1.54, 1.807) is 0 Å². The molecule has 0 radical (unpaired) electrons. The molecule has 0 amide bonds. The molecule has 4 aliphatic rings. The van der Waals surface area contributed by atoms with Crippen LogP contribution < -0.4 is 0 Å². The molecule has 4 heteroatoms. The van der Waals surface area contributed by atoms with Crippen molar-refractivity contribution in [2.45, 2.75) is 75.7 Å². The van der Waals surface area contributed by atoms with E-state index in [-0.39, 0.29) is 0 Å². The molecular formula is C15H26N2O2. The van der Waals surface area contributed by atoms with E-state index in [1.807, 2.05) is 0 Å². The summed E-state index contributed by atoms with van der Waals surface area (Å²) in [7, 11) is 0. The lowest BCUT2D eigenvalue weighted by molar-refractivity contribution is -0.102. The second kappa shape index (κ2) is 5.32. The summed E-state index contributed by atoms with van der Waals surface area (Å²) < 4.78 is 12.5. The summed E-state index contributed by atoms with van der Waals surface area (Å²) >= 11 is 0. The number of fused-ring (bicyclic) bond motifs is 6. The van der Waals surface area contributed by atoms with Gasteiger partial charge in [0.15, 0.2) is 0 Å². The van der Waals surface area contributed by atoms with E-state index >= 15 is 0 Å². The lowest BCUT2D eigenvalue weighted by Gasteiger charge is -2.37. The maximum Gasteiger partial charge on any atom is 0.101 e. The van der Waals surface area contributed by atoms with Crippen LogP contribution in [0.5, 0.6) is 0 Å². The molecule has 4 fully saturated rings. The molecule has 0 aromatic carbocycles. The van der Waals surface area contributed by atoms with Crippen molar-refractivity contribution >= 4 is 0 Å². The van der Waals surface area contributed by atoms with Gasteiger partial charge >= 0.3 is 0 Å². The van der Waals surface area contributed by atoms with E-state index in [2.05, 4.69) is 9.80 Å². The van der Waals surface area contributed by atoms with Gasteiger partial charge in [-0.1, -0.05) is 25.7 Å². The molecule has 2 saturated heterocycles. The Labute approximate surface area is 116 Å². The number of hydrogen-bond acceptors (Lipinski definition) is 4. The third kappa shape index (κ3) is 2.33. The van der Waals surface area contributed by atoms with E-state index < -0.39 is 0 Å². The van der Waals surface area contributed by atoms with Gasteiger partial charge in [0, 0.05) is 12.1 Å². The third-order valence-corrected chi connectivity index (χ3v) is 5.55. The minimum Gasteiger partial charge on any atom is -0.361 e. The zero-order valence-electron chi connectivity index (χ0n) is 11.8. The van der Waals surface area contributed by atoms with E-state index in [9.17, 15) is 0 Å². The third-order valence-electron chi connectivity index (χ3n) is 5.55. The van der Waals surface area contributed by atoms with E-state index in [0.717, 1.165) is 20.1 Å². The van der Waals surface area contributed by atoms with Crippen LogP contribution in [0.15, 0.2) is 0 Å². The number of rotatable bonds is 0. The molecule has 19 heavy (non-hydrogen) atoms. The topological polar surface area (TPSA) is 24.9 Å². The van der Waals surface area contributed by atoms with Gasteiger partial charge < -0.3 is 9.47 Å². The molecule has 0 N–H and O–H groups in total. The zero-order chi connectivity index (χ0) is 12.7. The smallest absolute Gasteiger partial charge is 0.101 e. The molecule has 0 aromatic rings. The standard InChI is InChI=1S/C15H26N2O2/c1-3-7-14-12(5-1)16-9-17(11-18-14)13-6-2-4-8-15(13)19-10-16/h12-15H,1-11H2/t12-,13-,14-,15-/m0/s1. The van der Waals surface area contributed by atoms with Gasteiger partial charge in [0.2, 0.25) is 0 Å². The summed E-state index contributed by atoms with van der Waals surface area (Å²) in [4.78, 5) is 5.10. The molecule has 4 rings (SSSR count). The highest BCUT2D eigenvalue weighted by molar-refractivity contribution is 4.91. The summed E-state index contributed by atoms with van der Waals surface area (Å²) in [5, 5.41) is 0. The number of nitrogens with zero attached hydrogens (tertiary/aromatic N) is 2. The van der Waals surface area contributed by atoms with Crippen molar-refractivity contribution in [2.24, 2.45) is 0 Å². The minimum atomic E-state index is 0.447. The lowest BCUT2D eigenvalue weighted by atomic mass is 9.91. The van der Waals surface area contributed by atoms with Crippen molar-refractivity contribution in [1.29, 1.82) is 0 Å². The molecule has 2 heterocycles. The average Bonchev–Trinajstić information content (AvgIpc) is 2.77. The predicted octanol–water partition coefficient (Wildman–Crippen LogP) is 2.15. The van der Waals surface area contributed by atoms with Gasteiger partial charge in [-0.2, -0.15) is 0 Å². The predicted molar refractivity (Wildman–Crippen MR) is 72.5 cm³/mol. The molecule has 0 aromatic heterocycles. The normalized spacial score (nSPS) is 50.5. The maximum atomic E-state index is 6.25.